The molecule has 0 aliphatic carbocycles. The van der Waals surface area contributed by atoms with Gasteiger partial charge < -0.3 is 9.80 Å². The summed E-state index contributed by atoms with van der Waals surface area (Å²) in [6, 6.07) is 17.1. The van der Waals surface area contributed by atoms with Gasteiger partial charge >= 0.3 is 0 Å². The van der Waals surface area contributed by atoms with Crippen LogP contribution >= 0.6 is 0 Å². The Kier molecular flexibility index (Phi) is 10.3. The predicted molar refractivity (Wildman–Crippen MR) is 157 cm³/mol. The Balaban J connectivity index is 1.66. The average molecular weight is 484 g/mol. The number of benzene rings is 2. The van der Waals surface area contributed by atoms with Gasteiger partial charge in [-0.25, -0.2) is 0 Å². The maximum absolute atomic E-state index is 13.1. The van der Waals surface area contributed by atoms with Crippen LogP contribution in [0.5, 0.6) is 0 Å². The molecule has 3 rings (SSSR count). The lowest BCUT2D eigenvalue weighted by Crippen LogP contribution is -2.34. The molecule has 2 aromatic rings. The lowest BCUT2D eigenvalue weighted by Gasteiger charge is -2.25. The molecule has 1 saturated heterocycles. The van der Waals surface area contributed by atoms with E-state index in [4.69, 9.17) is 0 Å². The Morgan fingerprint density at radius 3 is 1.36 bits per heavy atom. The first-order valence-corrected chi connectivity index (χ1v) is 13.2. The number of piperidine rings is 1. The number of nitrogens with zero attached hydrogens (tertiary/aromatic N) is 3. The number of hydrogen-bond donors (Lipinski definition) is 0. The van der Waals surface area contributed by atoms with Gasteiger partial charge in [0.25, 0.3) is 0 Å². The quantitative estimate of drug-likeness (QED) is 0.362. The molecule has 0 spiro atoms. The van der Waals surface area contributed by atoms with E-state index in [1.165, 1.54) is 11.4 Å². The molecule has 0 amide bonds. The molecule has 0 radical (unpaired) electrons. The van der Waals surface area contributed by atoms with Gasteiger partial charge in [-0.2, -0.15) is 0 Å². The second-order valence-corrected chi connectivity index (χ2v) is 9.13. The van der Waals surface area contributed by atoms with Gasteiger partial charge in [0.15, 0.2) is 5.78 Å². The monoisotopic (exact) mass is 483 g/mol. The summed E-state index contributed by atoms with van der Waals surface area (Å²) in [4.78, 5) is 19.9. The SMILES string of the molecule is CCN(CC)c1ccc(/C=C/C=C2\CN(C)C/C(=C\C=C\c3ccc(N(CC)CC)cc3)C2=O)cc1. The zero-order chi connectivity index (χ0) is 25.9. The van der Waals surface area contributed by atoms with E-state index >= 15 is 0 Å². The standard InChI is InChI=1S/C32H41N3O/c1-6-34(7-2)30-20-16-26(17-21-30)12-10-14-28-24-33(5)25-29(32(28)36)15-11-13-27-18-22-31(23-19-27)35(8-3)9-4/h10-23H,6-9,24-25H2,1-5H3/b12-10+,13-11+,28-14+,29-15+. The summed E-state index contributed by atoms with van der Waals surface area (Å²) in [6.45, 7) is 14.0. The molecule has 2 aromatic carbocycles. The molecule has 190 valence electrons. The number of ketones is 1. The number of carbonyl (C=O) groups excluding carboxylic acids is 1. The Labute approximate surface area is 217 Å². The van der Waals surface area contributed by atoms with E-state index < -0.39 is 0 Å². The summed E-state index contributed by atoms with van der Waals surface area (Å²) in [5.41, 5.74) is 6.38. The van der Waals surface area contributed by atoms with E-state index in [-0.39, 0.29) is 5.78 Å². The van der Waals surface area contributed by atoms with Gasteiger partial charge in [-0.05, 0) is 70.1 Å². The van der Waals surface area contributed by atoms with Crippen molar-refractivity contribution in [3.05, 3.63) is 95.1 Å². The van der Waals surface area contributed by atoms with Crippen LogP contribution in [0, 0.1) is 0 Å². The maximum Gasteiger partial charge on any atom is 0.187 e. The van der Waals surface area contributed by atoms with Crippen molar-refractivity contribution in [1.82, 2.24) is 4.90 Å². The highest BCUT2D eigenvalue weighted by atomic mass is 16.1. The summed E-state index contributed by atoms with van der Waals surface area (Å²) >= 11 is 0. The van der Waals surface area contributed by atoms with Crippen molar-refractivity contribution < 1.29 is 4.79 Å². The van der Waals surface area contributed by atoms with Crippen molar-refractivity contribution in [3.8, 4) is 0 Å². The minimum Gasteiger partial charge on any atom is -0.372 e. The van der Waals surface area contributed by atoms with Crippen LogP contribution in [0.25, 0.3) is 12.2 Å². The van der Waals surface area contributed by atoms with Crippen LogP contribution in [0.4, 0.5) is 11.4 Å². The Morgan fingerprint density at radius 1 is 0.667 bits per heavy atom. The van der Waals surface area contributed by atoms with Crippen LogP contribution < -0.4 is 9.80 Å². The smallest absolute Gasteiger partial charge is 0.187 e. The molecule has 1 aliphatic heterocycles. The molecule has 0 bridgehead atoms. The Bertz CT molecular complexity index is 1010. The number of rotatable bonds is 10. The van der Waals surface area contributed by atoms with E-state index in [2.05, 4.69) is 110 Å². The molecule has 1 fully saturated rings. The average Bonchev–Trinajstić information content (AvgIpc) is 2.89. The number of Topliss-reactive ketones (excluding diaryl/α,β-unsaturated/α-hetero) is 1. The number of allylic oxidation sites excluding steroid dienone is 4. The molecular formula is C32H41N3O. The highest BCUT2D eigenvalue weighted by Crippen LogP contribution is 2.19. The largest absolute Gasteiger partial charge is 0.372 e. The minimum absolute atomic E-state index is 0.135. The Hall–Kier alpha value is -3.37. The Morgan fingerprint density at radius 2 is 1.03 bits per heavy atom. The summed E-state index contributed by atoms with van der Waals surface area (Å²) in [5.74, 6) is 0.135. The van der Waals surface area contributed by atoms with Crippen molar-refractivity contribution in [1.29, 1.82) is 0 Å². The molecule has 0 saturated carbocycles. The number of likely N-dealkylation sites (N-methyl/N-ethyl adjacent to an activating group) is 1. The van der Waals surface area contributed by atoms with Gasteiger partial charge in [0.2, 0.25) is 0 Å². The lowest BCUT2D eigenvalue weighted by atomic mass is 9.97. The molecule has 4 heteroatoms. The third kappa shape index (κ3) is 7.32. The van der Waals surface area contributed by atoms with Crippen molar-refractivity contribution >= 4 is 29.3 Å². The molecular weight excluding hydrogens is 442 g/mol. The van der Waals surface area contributed by atoms with Crippen LogP contribution in [0.15, 0.2) is 84.0 Å². The normalized spacial score (nSPS) is 17.1. The first-order chi connectivity index (χ1) is 17.5. The van der Waals surface area contributed by atoms with E-state index in [0.717, 1.165) is 48.5 Å². The highest BCUT2D eigenvalue weighted by Gasteiger charge is 2.22. The topological polar surface area (TPSA) is 26.8 Å². The van der Waals surface area contributed by atoms with Crippen LogP contribution in [0.3, 0.4) is 0 Å². The second kappa shape index (κ2) is 13.6. The van der Waals surface area contributed by atoms with E-state index in [9.17, 15) is 4.79 Å². The number of carbonyl (C=O) groups is 1. The second-order valence-electron chi connectivity index (χ2n) is 9.13. The number of anilines is 2. The first-order valence-electron chi connectivity index (χ1n) is 13.2. The zero-order valence-corrected chi connectivity index (χ0v) is 22.6. The van der Waals surface area contributed by atoms with Crippen LogP contribution in [-0.2, 0) is 4.79 Å². The predicted octanol–water partition coefficient (Wildman–Crippen LogP) is 6.47. The fraction of sp³-hybridized carbons (Fsp3) is 0.344. The molecule has 0 N–H and O–H groups in total. The van der Waals surface area contributed by atoms with Crippen molar-refractivity contribution in [2.45, 2.75) is 27.7 Å². The highest BCUT2D eigenvalue weighted by molar-refractivity contribution is 6.10. The van der Waals surface area contributed by atoms with Gasteiger partial charge in [0.1, 0.15) is 0 Å². The van der Waals surface area contributed by atoms with Gasteiger partial charge in [-0.15, -0.1) is 0 Å². The fourth-order valence-electron chi connectivity index (χ4n) is 4.56. The molecule has 0 aromatic heterocycles. The van der Waals surface area contributed by atoms with Crippen LogP contribution in [0.2, 0.25) is 0 Å². The van der Waals surface area contributed by atoms with E-state index in [0.29, 0.717) is 13.1 Å². The molecule has 0 unspecified atom stereocenters. The molecule has 1 aliphatic rings. The van der Waals surface area contributed by atoms with Gasteiger partial charge in [0.05, 0.1) is 0 Å². The van der Waals surface area contributed by atoms with E-state index in [1.807, 2.05) is 24.3 Å². The zero-order valence-electron chi connectivity index (χ0n) is 22.6. The third-order valence-electron chi connectivity index (χ3n) is 6.68. The molecule has 4 nitrogen and oxygen atoms in total. The van der Waals surface area contributed by atoms with Crippen LogP contribution in [0.1, 0.15) is 38.8 Å². The number of hydrogen-bond acceptors (Lipinski definition) is 4. The number of likely N-dealkylation sites (tertiary alicyclic amines) is 1. The van der Waals surface area contributed by atoms with E-state index in [1.54, 1.807) is 0 Å². The summed E-state index contributed by atoms with van der Waals surface area (Å²) in [6.07, 6.45) is 12.0. The summed E-state index contributed by atoms with van der Waals surface area (Å²) in [7, 11) is 2.05. The van der Waals surface area contributed by atoms with Crippen molar-refractivity contribution in [2.24, 2.45) is 0 Å². The summed E-state index contributed by atoms with van der Waals surface area (Å²) < 4.78 is 0. The summed E-state index contributed by atoms with van der Waals surface area (Å²) in [5, 5.41) is 0. The first kappa shape index (κ1) is 27.2. The fourth-order valence-corrected chi connectivity index (χ4v) is 4.56. The van der Waals surface area contributed by atoms with Gasteiger partial charge in [0, 0.05) is 61.8 Å². The molecule has 0 atom stereocenters. The molecule has 36 heavy (non-hydrogen) atoms. The van der Waals surface area contributed by atoms with Crippen LogP contribution in [-0.4, -0.2) is 57.0 Å². The molecule has 1 heterocycles. The maximum atomic E-state index is 13.1. The minimum atomic E-state index is 0.135. The van der Waals surface area contributed by atoms with Crippen molar-refractivity contribution in [2.75, 3.05) is 56.1 Å². The third-order valence-corrected chi connectivity index (χ3v) is 6.68. The van der Waals surface area contributed by atoms with Gasteiger partial charge in [-0.3, -0.25) is 9.69 Å². The van der Waals surface area contributed by atoms with Gasteiger partial charge in [-0.1, -0.05) is 60.7 Å². The van der Waals surface area contributed by atoms with Crippen molar-refractivity contribution in [3.63, 3.8) is 0 Å². The lowest BCUT2D eigenvalue weighted by molar-refractivity contribution is -0.113.